The molecule has 0 fully saturated rings. The molecule has 1 aliphatic heterocycles. The maximum absolute atomic E-state index is 12.8. The van der Waals surface area contributed by atoms with Gasteiger partial charge in [0.25, 0.3) is 0 Å². The van der Waals surface area contributed by atoms with E-state index in [-0.39, 0.29) is 22.8 Å². The molecule has 3 rings (SSSR count). The van der Waals surface area contributed by atoms with E-state index in [4.69, 9.17) is 15.2 Å². The summed E-state index contributed by atoms with van der Waals surface area (Å²) in [6, 6.07) is 6.42. The summed E-state index contributed by atoms with van der Waals surface area (Å²) in [5.41, 5.74) is 5.75. The predicted molar refractivity (Wildman–Crippen MR) is 91.1 cm³/mol. The molecule has 2 N–H and O–H groups in total. The fraction of sp³-hybridized carbons (Fsp3) is 0.222. The smallest absolute Gasteiger partial charge is 0.416 e. The van der Waals surface area contributed by atoms with E-state index < -0.39 is 23.6 Å². The molecular weight excluding hydrogens is 381 g/mol. The number of nitriles is 1. The van der Waals surface area contributed by atoms with Crippen molar-refractivity contribution in [2.45, 2.75) is 19.0 Å². The molecule has 0 spiro atoms. The van der Waals surface area contributed by atoms with E-state index in [9.17, 15) is 23.2 Å². The number of benzene rings is 1. The number of aryl methyl sites for hydroxylation is 1. The van der Waals surface area contributed by atoms with Crippen LogP contribution < -0.4 is 10.5 Å². The van der Waals surface area contributed by atoms with Crippen LogP contribution in [0.4, 0.5) is 13.2 Å². The van der Waals surface area contributed by atoms with Gasteiger partial charge in [-0.2, -0.15) is 18.4 Å². The summed E-state index contributed by atoms with van der Waals surface area (Å²) in [4.78, 5) is 13.2. The van der Waals surface area contributed by atoms with Gasteiger partial charge in [-0.1, -0.05) is 12.1 Å². The van der Waals surface area contributed by atoms with Gasteiger partial charge < -0.3 is 15.2 Å². The Hall–Kier alpha value is -2.99. The zero-order chi connectivity index (χ0) is 19.9. The van der Waals surface area contributed by atoms with Crippen molar-refractivity contribution in [1.29, 1.82) is 5.26 Å². The van der Waals surface area contributed by atoms with E-state index in [0.717, 1.165) is 12.1 Å². The first-order valence-corrected chi connectivity index (χ1v) is 8.47. The van der Waals surface area contributed by atoms with Crippen LogP contribution in [0.15, 0.2) is 35.7 Å². The van der Waals surface area contributed by atoms with Crippen molar-refractivity contribution in [3.8, 4) is 11.8 Å². The highest BCUT2D eigenvalue weighted by molar-refractivity contribution is 7.12. The number of nitrogens with zero attached hydrogens (tertiary/aromatic N) is 1. The molecule has 1 atom stereocenters. The number of ether oxygens (including phenoxy) is 2. The molecule has 1 aromatic heterocycles. The Kier molecular flexibility index (Phi) is 4.61. The van der Waals surface area contributed by atoms with Crippen molar-refractivity contribution in [2.24, 2.45) is 5.73 Å². The van der Waals surface area contributed by atoms with E-state index in [1.54, 1.807) is 6.92 Å². The van der Waals surface area contributed by atoms with Crippen molar-refractivity contribution in [2.75, 3.05) is 7.11 Å². The Balaban J connectivity index is 2.18. The van der Waals surface area contributed by atoms with E-state index >= 15 is 0 Å². The second-order valence-corrected chi connectivity index (χ2v) is 7.02. The molecule has 1 aliphatic rings. The molecule has 0 amide bonds. The summed E-state index contributed by atoms with van der Waals surface area (Å²) >= 11 is 1.21. The number of hydrogen-bond acceptors (Lipinski definition) is 6. The topological polar surface area (TPSA) is 85.3 Å². The highest BCUT2D eigenvalue weighted by Crippen LogP contribution is 2.49. The van der Waals surface area contributed by atoms with Crippen molar-refractivity contribution < 1.29 is 27.4 Å². The molecule has 0 saturated heterocycles. The number of hydrogen-bond donors (Lipinski definition) is 1. The monoisotopic (exact) mass is 394 g/mol. The van der Waals surface area contributed by atoms with Crippen molar-refractivity contribution in [3.05, 3.63) is 62.2 Å². The van der Waals surface area contributed by atoms with Gasteiger partial charge >= 0.3 is 12.1 Å². The van der Waals surface area contributed by atoms with Gasteiger partial charge in [-0.25, -0.2) is 4.79 Å². The minimum absolute atomic E-state index is 0.0694. The number of esters is 1. The summed E-state index contributed by atoms with van der Waals surface area (Å²) in [5, 5.41) is 9.50. The Morgan fingerprint density at radius 3 is 2.48 bits per heavy atom. The molecule has 0 unspecified atom stereocenters. The molecule has 9 heteroatoms. The second-order valence-electron chi connectivity index (χ2n) is 5.76. The largest absolute Gasteiger partial charge is 0.465 e. The normalized spacial score (nSPS) is 16.4. The highest BCUT2D eigenvalue weighted by atomic mass is 32.1. The fourth-order valence-corrected chi connectivity index (χ4v) is 4.13. The summed E-state index contributed by atoms with van der Waals surface area (Å²) in [6.45, 7) is 1.69. The number of allylic oxidation sites excluding steroid dienone is 1. The van der Waals surface area contributed by atoms with Crippen molar-refractivity contribution in [1.82, 2.24) is 0 Å². The lowest BCUT2D eigenvalue weighted by Crippen LogP contribution is -2.21. The van der Waals surface area contributed by atoms with Crippen molar-refractivity contribution in [3.63, 3.8) is 0 Å². The average molecular weight is 394 g/mol. The lowest BCUT2D eigenvalue weighted by Gasteiger charge is -2.24. The Morgan fingerprint density at radius 1 is 1.33 bits per heavy atom. The van der Waals surface area contributed by atoms with Crippen LogP contribution >= 0.6 is 11.3 Å². The molecule has 5 nitrogen and oxygen atoms in total. The van der Waals surface area contributed by atoms with Crippen molar-refractivity contribution >= 4 is 17.3 Å². The van der Waals surface area contributed by atoms with Gasteiger partial charge in [0.05, 0.1) is 23.5 Å². The van der Waals surface area contributed by atoms with Gasteiger partial charge in [0.1, 0.15) is 17.2 Å². The lowest BCUT2D eigenvalue weighted by atomic mass is 9.87. The van der Waals surface area contributed by atoms with Crippen LogP contribution in [0.5, 0.6) is 5.75 Å². The summed E-state index contributed by atoms with van der Waals surface area (Å²) in [6.07, 6.45) is -4.47. The molecule has 0 radical (unpaired) electrons. The number of fused-ring (bicyclic) bond motifs is 1. The minimum atomic E-state index is -4.47. The van der Waals surface area contributed by atoms with E-state index in [0.29, 0.717) is 15.3 Å². The number of rotatable bonds is 2. The van der Waals surface area contributed by atoms with Crippen LogP contribution in [0.2, 0.25) is 0 Å². The lowest BCUT2D eigenvalue weighted by molar-refractivity contribution is -0.137. The van der Waals surface area contributed by atoms with Crippen LogP contribution in [0.1, 0.15) is 37.2 Å². The number of carbonyl (C=O) groups excluding carboxylic acids is 1. The first kappa shape index (κ1) is 18.8. The molecule has 27 heavy (non-hydrogen) atoms. The second kappa shape index (κ2) is 6.63. The summed E-state index contributed by atoms with van der Waals surface area (Å²) < 4.78 is 48.8. The maximum atomic E-state index is 12.8. The standard InChI is InChI=1S/C18H13F3N2O3S/c1-8-12(17(24)25-2)14-15(27-8)13(11(7-22)16(23)26-14)9-3-5-10(6-4-9)18(19,20)21/h3-6,13H,23H2,1-2H3/t13-/m1/s1. The zero-order valence-corrected chi connectivity index (χ0v) is 15.0. The SMILES string of the molecule is COC(=O)c1c(C)sc2c1OC(N)=C(C#N)[C@H]2c1ccc(C(F)(F)F)cc1. The molecule has 0 bridgehead atoms. The van der Waals surface area contributed by atoms with E-state index in [2.05, 4.69) is 0 Å². The maximum Gasteiger partial charge on any atom is 0.416 e. The number of nitrogens with two attached hydrogens (primary N) is 1. The number of thiophene rings is 1. The number of alkyl halides is 3. The van der Waals surface area contributed by atoms with Gasteiger partial charge in [0, 0.05) is 4.88 Å². The Bertz CT molecular complexity index is 985. The Labute approximate surface area is 156 Å². The predicted octanol–water partition coefficient (Wildman–Crippen LogP) is 4.08. The first-order chi connectivity index (χ1) is 12.7. The molecule has 0 aliphatic carbocycles. The zero-order valence-electron chi connectivity index (χ0n) is 14.2. The third kappa shape index (κ3) is 3.13. The van der Waals surface area contributed by atoms with E-state index in [1.807, 2.05) is 6.07 Å². The number of halogens is 3. The van der Waals surface area contributed by atoms with Gasteiger partial charge in [-0.05, 0) is 24.6 Å². The quantitative estimate of drug-likeness (QED) is 0.776. The van der Waals surface area contributed by atoms with Gasteiger partial charge in [0.15, 0.2) is 5.75 Å². The molecular formula is C18H13F3N2O3S. The van der Waals surface area contributed by atoms with Crippen LogP contribution in [0, 0.1) is 18.3 Å². The first-order valence-electron chi connectivity index (χ1n) is 7.65. The molecule has 1 aromatic carbocycles. The highest BCUT2D eigenvalue weighted by Gasteiger charge is 2.37. The third-order valence-electron chi connectivity index (χ3n) is 4.18. The Morgan fingerprint density at radius 2 is 1.96 bits per heavy atom. The molecule has 140 valence electrons. The summed E-state index contributed by atoms with van der Waals surface area (Å²) in [5.74, 6) is -1.38. The van der Waals surface area contributed by atoms with Crippen LogP contribution in [0.25, 0.3) is 0 Å². The number of carbonyl (C=O) groups is 1. The fourth-order valence-electron chi connectivity index (χ4n) is 2.92. The van der Waals surface area contributed by atoms with Crippen LogP contribution in [-0.4, -0.2) is 13.1 Å². The minimum Gasteiger partial charge on any atom is -0.465 e. The van der Waals surface area contributed by atoms with Gasteiger partial charge in [0.2, 0.25) is 5.88 Å². The summed E-state index contributed by atoms with van der Waals surface area (Å²) in [7, 11) is 1.22. The van der Waals surface area contributed by atoms with Crippen LogP contribution in [0.3, 0.4) is 0 Å². The van der Waals surface area contributed by atoms with Gasteiger partial charge in [-0.3, -0.25) is 0 Å². The van der Waals surface area contributed by atoms with E-state index in [1.165, 1.54) is 30.6 Å². The molecule has 0 saturated carbocycles. The van der Waals surface area contributed by atoms with Gasteiger partial charge in [-0.15, -0.1) is 11.3 Å². The average Bonchev–Trinajstić information content (AvgIpc) is 2.94. The number of methoxy groups -OCH3 is 1. The molecule has 2 heterocycles. The molecule has 2 aromatic rings. The van der Waals surface area contributed by atoms with Crippen LogP contribution in [-0.2, 0) is 10.9 Å². The third-order valence-corrected chi connectivity index (χ3v) is 5.33.